The van der Waals surface area contributed by atoms with Gasteiger partial charge in [-0.05, 0) is 0 Å². The van der Waals surface area contributed by atoms with Gasteiger partial charge >= 0.3 is 0 Å². The molecule has 4 heteroatoms. The number of hydrogen-bond donors (Lipinski definition) is 2. The lowest BCUT2D eigenvalue weighted by Gasteiger charge is -2.07. The van der Waals surface area contributed by atoms with Crippen LogP contribution in [0.3, 0.4) is 0 Å². The lowest BCUT2D eigenvalue weighted by molar-refractivity contribution is 0.0615. The standard InChI is InChI=1S/C4H8F2N2/c1-4(5,6)3(8)2-7/h2H,7-8H2,1H3/b3-2-. The third-order valence-corrected chi connectivity index (χ3v) is 0.686. The van der Waals surface area contributed by atoms with E-state index in [1.165, 1.54) is 0 Å². The second-order valence-corrected chi connectivity index (χ2v) is 1.51. The maximum Gasteiger partial charge on any atom is 0.285 e. The van der Waals surface area contributed by atoms with Gasteiger partial charge in [0.2, 0.25) is 0 Å². The highest BCUT2D eigenvalue weighted by Crippen LogP contribution is 2.16. The average molecular weight is 122 g/mol. The SMILES string of the molecule is CC(F)(F)/C(N)=C/N. The predicted octanol–water partition coefficient (Wildman–Crippen LogP) is 0.400. The largest absolute Gasteiger partial charge is 0.403 e. The molecule has 4 N–H and O–H groups in total. The molecule has 0 radical (unpaired) electrons. The molecule has 0 aliphatic rings. The molecule has 0 fully saturated rings. The Balaban J connectivity index is 4.03. The number of nitrogens with two attached hydrogens (primary N) is 2. The predicted molar refractivity (Wildman–Crippen MR) is 27.1 cm³/mol. The van der Waals surface area contributed by atoms with E-state index in [4.69, 9.17) is 11.5 Å². The first-order chi connectivity index (χ1) is 3.48. The molecule has 48 valence electrons. The minimum absolute atomic E-state index is 0.600. The van der Waals surface area contributed by atoms with Gasteiger partial charge in [0.05, 0.1) is 5.70 Å². The summed E-state index contributed by atoms with van der Waals surface area (Å²) in [6.07, 6.45) is 0.694. The van der Waals surface area contributed by atoms with Crippen molar-refractivity contribution >= 4 is 0 Å². The highest BCUT2D eigenvalue weighted by molar-refractivity contribution is 5.03. The van der Waals surface area contributed by atoms with Crippen LogP contribution in [0.25, 0.3) is 0 Å². The average Bonchev–Trinajstić information content (AvgIpc) is 1.62. The smallest absolute Gasteiger partial charge is 0.285 e. The van der Waals surface area contributed by atoms with E-state index in [1.807, 2.05) is 0 Å². The first-order valence-electron chi connectivity index (χ1n) is 2.04. The van der Waals surface area contributed by atoms with Gasteiger partial charge in [0, 0.05) is 13.1 Å². The molecule has 0 spiro atoms. The Labute approximate surface area is 46.2 Å². The minimum Gasteiger partial charge on any atom is -0.403 e. The minimum atomic E-state index is -2.98. The van der Waals surface area contributed by atoms with Crippen LogP contribution in [0.2, 0.25) is 0 Å². The van der Waals surface area contributed by atoms with Crippen molar-refractivity contribution in [2.75, 3.05) is 0 Å². The highest BCUT2D eigenvalue weighted by Gasteiger charge is 2.23. The number of hydrogen-bond acceptors (Lipinski definition) is 2. The number of halogens is 2. The van der Waals surface area contributed by atoms with Gasteiger partial charge in [-0.25, -0.2) is 0 Å². The maximum absolute atomic E-state index is 11.8. The van der Waals surface area contributed by atoms with Gasteiger partial charge in [-0.15, -0.1) is 0 Å². The van der Waals surface area contributed by atoms with Crippen molar-refractivity contribution in [3.8, 4) is 0 Å². The summed E-state index contributed by atoms with van der Waals surface area (Å²) < 4.78 is 23.7. The second-order valence-electron chi connectivity index (χ2n) is 1.51. The van der Waals surface area contributed by atoms with Gasteiger partial charge in [-0.3, -0.25) is 0 Å². The van der Waals surface area contributed by atoms with E-state index in [-0.39, 0.29) is 0 Å². The molecular weight excluding hydrogens is 114 g/mol. The fraction of sp³-hybridized carbons (Fsp3) is 0.500. The fourth-order valence-corrected chi connectivity index (χ4v) is 0.146. The molecule has 0 amide bonds. The quantitative estimate of drug-likeness (QED) is 0.529. The summed E-state index contributed by atoms with van der Waals surface area (Å²) in [5.41, 5.74) is 8.83. The van der Waals surface area contributed by atoms with Crippen LogP contribution in [0.1, 0.15) is 6.92 Å². The highest BCUT2D eigenvalue weighted by atomic mass is 19.3. The summed E-state index contributed by atoms with van der Waals surface area (Å²) in [5, 5.41) is 0. The molecule has 0 rings (SSSR count). The van der Waals surface area contributed by atoms with Crippen molar-refractivity contribution in [2.45, 2.75) is 12.8 Å². The summed E-state index contributed by atoms with van der Waals surface area (Å²) in [6.45, 7) is 0.686. The number of rotatable bonds is 1. The zero-order chi connectivity index (χ0) is 6.78. The third-order valence-electron chi connectivity index (χ3n) is 0.686. The number of alkyl halides is 2. The summed E-state index contributed by atoms with van der Waals surface area (Å²) in [5.74, 6) is -2.98. The van der Waals surface area contributed by atoms with Crippen molar-refractivity contribution in [2.24, 2.45) is 11.5 Å². The van der Waals surface area contributed by atoms with Crippen LogP contribution in [-0.4, -0.2) is 5.92 Å². The summed E-state index contributed by atoms with van der Waals surface area (Å²) in [4.78, 5) is 0. The molecule has 0 aliphatic heterocycles. The zero-order valence-corrected chi connectivity index (χ0v) is 4.49. The molecule has 0 heterocycles. The van der Waals surface area contributed by atoms with Crippen LogP contribution < -0.4 is 11.5 Å². The molecule has 8 heavy (non-hydrogen) atoms. The van der Waals surface area contributed by atoms with Crippen molar-refractivity contribution in [1.82, 2.24) is 0 Å². The summed E-state index contributed by atoms with van der Waals surface area (Å²) in [6, 6.07) is 0. The van der Waals surface area contributed by atoms with Gasteiger partial charge in [0.25, 0.3) is 5.92 Å². The van der Waals surface area contributed by atoms with Crippen LogP contribution >= 0.6 is 0 Å². The van der Waals surface area contributed by atoms with Crippen LogP contribution in [0.4, 0.5) is 8.78 Å². The van der Waals surface area contributed by atoms with E-state index in [2.05, 4.69) is 0 Å². The summed E-state index contributed by atoms with van der Waals surface area (Å²) in [7, 11) is 0. The Morgan fingerprint density at radius 3 is 2.00 bits per heavy atom. The van der Waals surface area contributed by atoms with E-state index in [0.717, 1.165) is 0 Å². The normalized spacial score (nSPS) is 14.1. The van der Waals surface area contributed by atoms with E-state index < -0.39 is 11.6 Å². The van der Waals surface area contributed by atoms with Crippen molar-refractivity contribution in [3.05, 3.63) is 11.9 Å². The molecule has 0 aromatic heterocycles. The van der Waals surface area contributed by atoms with E-state index in [9.17, 15) is 8.78 Å². The van der Waals surface area contributed by atoms with Crippen LogP contribution in [0.5, 0.6) is 0 Å². The first-order valence-corrected chi connectivity index (χ1v) is 2.04. The van der Waals surface area contributed by atoms with Crippen molar-refractivity contribution in [3.63, 3.8) is 0 Å². The molecule has 0 saturated heterocycles. The lowest BCUT2D eigenvalue weighted by atomic mass is 10.3. The molecule has 0 atom stereocenters. The maximum atomic E-state index is 11.8. The topological polar surface area (TPSA) is 52.0 Å². The molecular formula is C4H8F2N2. The second kappa shape index (κ2) is 1.98. The van der Waals surface area contributed by atoms with E-state index in [0.29, 0.717) is 13.1 Å². The van der Waals surface area contributed by atoms with Gasteiger partial charge < -0.3 is 11.5 Å². The molecule has 0 aromatic rings. The molecule has 0 bridgehead atoms. The van der Waals surface area contributed by atoms with Crippen LogP contribution in [0, 0.1) is 0 Å². The number of allylic oxidation sites excluding steroid dienone is 1. The lowest BCUT2D eigenvalue weighted by Crippen LogP contribution is -2.21. The molecule has 0 unspecified atom stereocenters. The zero-order valence-electron chi connectivity index (χ0n) is 4.49. The molecule has 0 saturated carbocycles. The summed E-state index contributed by atoms with van der Waals surface area (Å²) >= 11 is 0. The fourth-order valence-electron chi connectivity index (χ4n) is 0.146. The molecule has 0 aliphatic carbocycles. The van der Waals surface area contributed by atoms with Gasteiger partial charge in [0.15, 0.2) is 0 Å². The first kappa shape index (κ1) is 7.20. The Bertz CT molecular complexity index is 103. The Morgan fingerprint density at radius 2 is 2.00 bits per heavy atom. The Hall–Kier alpha value is -0.800. The van der Waals surface area contributed by atoms with Crippen LogP contribution in [-0.2, 0) is 0 Å². The Kier molecular flexibility index (Phi) is 1.78. The van der Waals surface area contributed by atoms with Gasteiger partial charge in [-0.1, -0.05) is 0 Å². The van der Waals surface area contributed by atoms with Gasteiger partial charge in [0.1, 0.15) is 0 Å². The van der Waals surface area contributed by atoms with Crippen molar-refractivity contribution < 1.29 is 8.78 Å². The van der Waals surface area contributed by atoms with Gasteiger partial charge in [-0.2, -0.15) is 8.78 Å². The van der Waals surface area contributed by atoms with Crippen LogP contribution in [0.15, 0.2) is 11.9 Å². The molecule has 0 aromatic carbocycles. The van der Waals surface area contributed by atoms with Crippen molar-refractivity contribution in [1.29, 1.82) is 0 Å². The van der Waals surface area contributed by atoms with E-state index in [1.54, 1.807) is 0 Å². The molecule has 2 nitrogen and oxygen atoms in total. The monoisotopic (exact) mass is 122 g/mol. The van der Waals surface area contributed by atoms with E-state index >= 15 is 0 Å². The Morgan fingerprint density at radius 1 is 1.62 bits per heavy atom. The third kappa shape index (κ3) is 1.77.